The highest BCUT2D eigenvalue weighted by molar-refractivity contribution is 5.73. The van der Waals surface area contributed by atoms with Gasteiger partial charge in [0.2, 0.25) is 0 Å². The zero-order chi connectivity index (χ0) is 18.7. The summed E-state index contributed by atoms with van der Waals surface area (Å²) in [6.07, 6.45) is -6.01. The molecule has 0 saturated carbocycles. The zero-order valence-electron chi connectivity index (χ0n) is 13.0. The number of nitrogens with two attached hydrogens (primary N) is 1. The van der Waals surface area contributed by atoms with Gasteiger partial charge < -0.3 is 41.5 Å². The van der Waals surface area contributed by atoms with E-state index >= 15 is 0 Å². The maximum Gasteiger partial charge on any atom is 0.320 e. The van der Waals surface area contributed by atoms with Crippen LogP contribution < -0.4 is 5.73 Å². The van der Waals surface area contributed by atoms with Gasteiger partial charge >= 0.3 is 5.97 Å². The van der Waals surface area contributed by atoms with Gasteiger partial charge in [-0.05, 0) is 12.0 Å². The van der Waals surface area contributed by atoms with E-state index in [1.807, 2.05) is 30.3 Å². The maximum absolute atomic E-state index is 10.4. The third-order valence-electron chi connectivity index (χ3n) is 3.13. The lowest BCUT2D eigenvalue weighted by Crippen LogP contribution is -2.46. The number of carboxylic acids is 1. The summed E-state index contributed by atoms with van der Waals surface area (Å²) in [7, 11) is 0. The SMILES string of the molecule is N[C@@H](Cc1ccccc1)C(=O)O.OC[C@@H](O)[C@@H](O)[C@H](O)[C@@H](O)CO. The molecule has 0 saturated heterocycles. The molecule has 138 valence electrons. The molecule has 0 aliphatic heterocycles. The summed E-state index contributed by atoms with van der Waals surface area (Å²) in [4.78, 5) is 10.4. The number of benzene rings is 1. The van der Waals surface area contributed by atoms with Crippen molar-refractivity contribution in [3.8, 4) is 0 Å². The van der Waals surface area contributed by atoms with Gasteiger partial charge in [-0.15, -0.1) is 0 Å². The van der Waals surface area contributed by atoms with Crippen molar-refractivity contribution in [2.75, 3.05) is 13.2 Å². The largest absolute Gasteiger partial charge is 0.480 e. The van der Waals surface area contributed by atoms with E-state index in [4.69, 9.17) is 41.5 Å². The number of aliphatic hydroxyl groups is 6. The first-order chi connectivity index (χ1) is 11.2. The van der Waals surface area contributed by atoms with Crippen molar-refractivity contribution in [1.29, 1.82) is 0 Å². The molecule has 5 atom stereocenters. The molecule has 0 heterocycles. The molecule has 9 heteroatoms. The minimum atomic E-state index is -1.67. The number of aliphatic carboxylic acids is 1. The summed E-state index contributed by atoms with van der Waals surface area (Å²) >= 11 is 0. The minimum absolute atomic E-state index is 0.385. The second-order valence-electron chi connectivity index (χ2n) is 5.12. The van der Waals surface area contributed by atoms with E-state index in [1.54, 1.807) is 0 Å². The molecular formula is C15H25NO8. The van der Waals surface area contributed by atoms with E-state index in [1.165, 1.54) is 0 Å². The molecule has 0 aliphatic rings. The Balaban J connectivity index is 0.000000441. The predicted molar refractivity (Wildman–Crippen MR) is 84.0 cm³/mol. The zero-order valence-corrected chi connectivity index (χ0v) is 13.0. The van der Waals surface area contributed by atoms with E-state index in [9.17, 15) is 4.79 Å². The lowest BCUT2D eigenvalue weighted by molar-refractivity contribution is -0.138. The Morgan fingerprint density at radius 3 is 1.67 bits per heavy atom. The highest BCUT2D eigenvalue weighted by atomic mass is 16.4. The van der Waals surface area contributed by atoms with E-state index in [0.717, 1.165) is 5.56 Å². The molecule has 1 aromatic rings. The first-order valence-electron chi connectivity index (χ1n) is 7.20. The van der Waals surface area contributed by atoms with Gasteiger partial charge in [-0.1, -0.05) is 30.3 Å². The Morgan fingerprint density at radius 2 is 1.33 bits per heavy atom. The first-order valence-corrected chi connectivity index (χ1v) is 7.20. The standard InChI is InChI=1S/C9H11NO2.C6H14O6/c10-8(9(11)12)6-7-4-2-1-3-5-7;7-1-3(9)5(11)6(12)4(10)2-8/h1-5,8H,6,10H2,(H,11,12);3-12H,1-2H2/t8-;3-,4+,5-,6-/m01/s1. The quantitative estimate of drug-likeness (QED) is 0.243. The van der Waals surface area contributed by atoms with Crippen LogP contribution in [-0.4, -0.2) is 85.4 Å². The minimum Gasteiger partial charge on any atom is -0.480 e. The van der Waals surface area contributed by atoms with Crippen molar-refractivity contribution < 1.29 is 40.5 Å². The van der Waals surface area contributed by atoms with E-state index in [2.05, 4.69) is 0 Å². The smallest absolute Gasteiger partial charge is 0.320 e. The molecule has 9 N–H and O–H groups in total. The lowest BCUT2D eigenvalue weighted by Gasteiger charge is -2.24. The Labute approximate surface area is 139 Å². The molecule has 1 rings (SSSR count). The molecular weight excluding hydrogens is 322 g/mol. The van der Waals surface area contributed by atoms with Crippen LogP contribution in [0.25, 0.3) is 0 Å². The fourth-order valence-electron chi connectivity index (χ4n) is 1.63. The number of carboxylic acid groups (broad SMARTS) is 1. The summed E-state index contributed by atoms with van der Waals surface area (Å²) in [5.41, 5.74) is 6.30. The third-order valence-corrected chi connectivity index (χ3v) is 3.13. The van der Waals surface area contributed by atoms with E-state index in [-0.39, 0.29) is 0 Å². The molecule has 1 aromatic carbocycles. The van der Waals surface area contributed by atoms with Gasteiger partial charge in [-0.25, -0.2) is 0 Å². The van der Waals surface area contributed by atoms with Crippen LogP contribution in [0.1, 0.15) is 5.56 Å². The molecule has 0 amide bonds. The molecule has 0 spiro atoms. The Kier molecular flexibility index (Phi) is 11.1. The molecule has 0 aromatic heterocycles. The average Bonchev–Trinajstić information content (AvgIpc) is 2.60. The molecule has 0 aliphatic carbocycles. The highest BCUT2D eigenvalue weighted by Gasteiger charge is 2.29. The summed E-state index contributed by atoms with van der Waals surface area (Å²) in [6.45, 7) is -1.45. The maximum atomic E-state index is 10.4. The first kappa shape index (κ1) is 22.4. The van der Waals surface area contributed by atoms with Gasteiger partial charge in [-0.2, -0.15) is 0 Å². The van der Waals surface area contributed by atoms with Crippen molar-refractivity contribution in [2.24, 2.45) is 5.73 Å². The van der Waals surface area contributed by atoms with Gasteiger partial charge in [0.1, 0.15) is 30.5 Å². The second kappa shape index (κ2) is 11.9. The molecule has 0 bridgehead atoms. The van der Waals surface area contributed by atoms with Crippen molar-refractivity contribution >= 4 is 5.97 Å². The van der Waals surface area contributed by atoms with Crippen molar-refractivity contribution in [1.82, 2.24) is 0 Å². The molecule has 24 heavy (non-hydrogen) atoms. The highest BCUT2D eigenvalue weighted by Crippen LogP contribution is 2.04. The normalized spacial score (nSPS) is 17.0. The van der Waals surface area contributed by atoms with Crippen molar-refractivity contribution in [3.05, 3.63) is 35.9 Å². The number of hydrogen-bond acceptors (Lipinski definition) is 8. The fourth-order valence-corrected chi connectivity index (χ4v) is 1.63. The van der Waals surface area contributed by atoms with Gasteiger partial charge in [0.05, 0.1) is 13.2 Å². The van der Waals surface area contributed by atoms with Crippen LogP contribution in [0.4, 0.5) is 0 Å². The van der Waals surface area contributed by atoms with Gasteiger partial charge in [0.25, 0.3) is 0 Å². The summed E-state index contributed by atoms with van der Waals surface area (Å²) in [5, 5.41) is 60.7. The Hall–Kier alpha value is -1.59. The number of aliphatic hydroxyl groups excluding tert-OH is 6. The Morgan fingerprint density at radius 1 is 0.917 bits per heavy atom. The van der Waals surface area contributed by atoms with Crippen molar-refractivity contribution in [3.63, 3.8) is 0 Å². The topological polar surface area (TPSA) is 185 Å². The summed E-state index contributed by atoms with van der Waals surface area (Å²) < 4.78 is 0. The Bertz CT molecular complexity index is 444. The van der Waals surface area contributed by atoms with Crippen LogP contribution >= 0.6 is 0 Å². The lowest BCUT2D eigenvalue weighted by atomic mass is 10.0. The molecule has 9 nitrogen and oxygen atoms in total. The van der Waals surface area contributed by atoms with Crippen LogP contribution in [0.15, 0.2) is 30.3 Å². The van der Waals surface area contributed by atoms with E-state index in [0.29, 0.717) is 6.42 Å². The van der Waals surface area contributed by atoms with Crippen molar-refractivity contribution in [2.45, 2.75) is 36.9 Å². The molecule has 0 unspecified atom stereocenters. The number of hydrogen-bond donors (Lipinski definition) is 8. The average molecular weight is 347 g/mol. The van der Waals surface area contributed by atoms with Gasteiger partial charge in [-0.3, -0.25) is 4.79 Å². The van der Waals surface area contributed by atoms with Crippen LogP contribution in [0.3, 0.4) is 0 Å². The van der Waals surface area contributed by atoms with Crippen LogP contribution in [-0.2, 0) is 11.2 Å². The fraction of sp³-hybridized carbons (Fsp3) is 0.533. The van der Waals surface area contributed by atoms with Crippen LogP contribution in [0, 0.1) is 0 Å². The van der Waals surface area contributed by atoms with E-state index < -0.39 is 49.6 Å². The second-order valence-corrected chi connectivity index (χ2v) is 5.12. The number of rotatable bonds is 8. The van der Waals surface area contributed by atoms with Crippen LogP contribution in [0.5, 0.6) is 0 Å². The number of carbonyl (C=O) groups is 1. The predicted octanol–water partition coefficient (Wildman–Crippen LogP) is -2.94. The summed E-state index contributed by atoms with van der Waals surface area (Å²) in [5.74, 6) is -0.959. The summed E-state index contributed by atoms with van der Waals surface area (Å²) in [6, 6.07) is 8.54. The van der Waals surface area contributed by atoms with Gasteiger partial charge in [0.15, 0.2) is 0 Å². The molecule has 0 radical (unpaired) electrons. The monoisotopic (exact) mass is 347 g/mol. The van der Waals surface area contributed by atoms with Gasteiger partial charge in [0, 0.05) is 0 Å². The van der Waals surface area contributed by atoms with Crippen LogP contribution in [0.2, 0.25) is 0 Å². The third kappa shape index (κ3) is 8.31. The molecule has 0 fully saturated rings.